The van der Waals surface area contributed by atoms with Crippen molar-refractivity contribution in [3.63, 3.8) is 0 Å². The highest BCUT2D eigenvalue weighted by Crippen LogP contribution is 2.35. The van der Waals surface area contributed by atoms with Crippen LogP contribution in [0.1, 0.15) is 43.9 Å². The molecule has 2 nitrogen and oxygen atoms in total. The smallest absolute Gasteiger partial charge is 0.391 e. The van der Waals surface area contributed by atoms with Crippen molar-refractivity contribution in [3.05, 3.63) is 35.1 Å². The monoisotopic (exact) mass is 293 g/mol. The van der Waals surface area contributed by atoms with Crippen LogP contribution in [0.2, 0.25) is 0 Å². The molecule has 0 unspecified atom stereocenters. The van der Waals surface area contributed by atoms with E-state index in [2.05, 4.69) is 0 Å². The molecule has 0 aliphatic heterocycles. The van der Waals surface area contributed by atoms with Crippen molar-refractivity contribution in [3.8, 4) is 0 Å². The van der Waals surface area contributed by atoms with Gasteiger partial charge in [-0.3, -0.25) is 0 Å². The van der Waals surface area contributed by atoms with Gasteiger partial charge in [-0.15, -0.1) is 0 Å². The maximum absolute atomic E-state index is 13.0. The number of hydrogen-bond acceptors (Lipinski definition) is 2. The SMILES string of the molecule is CC(C)CC[C@H](O)[C@H](N)c1ccc(F)cc1C(F)(F)F. The average Bonchev–Trinajstić information content (AvgIpc) is 2.33. The van der Waals surface area contributed by atoms with Crippen molar-refractivity contribution in [1.29, 1.82) is 0 Å². The minimum atomic E-state index is -4.70. The molecular formula is C14H19F4NO. The third-order valence-corrected chi connectivity index (χ3v) is 3.13. The van der Waals surface area contributed by atoms with Gasteiger partial charge < -0.3 is 10.8 Å². The van der Waals surface area contributed by atoms with E-state index in [9.17, 15) is 22.7 Å². The van der Waals surface area contributed by atoms with Gasteiger partial charge in [0.2, 0.25) is 0 Å². The number of nitrogens with two attached hydrogens (primary N) is 1. The summed E-state index contributed by atoms with van der Waals surface area (Å²) in [6.45, 7) is 3.88. The first-order chi connectivity index (χ1) is 9.12. The molecule has 0 aliphatic carbocycles. The summed E-state index contributed by atoms with van der Waals surface area (Å²) in [5.41, 5.74) is 4.29. The Balaban J connectivity index is 3.00. The predicted molar refractivity (Wildman–Crippen MR) is 68.4 cm³/mol. The molecule has 0 bridgehead atoms. The van der Waals surface area contributed by atoms with Gasteiger partial charge in [-0.05, 0) is 36.5 Å². The quantitative estimate of drug-likeness (QED) is 0.814. The molecule has 0 saturated carbocycles. The van der Waals surface area contributed by atoms with Gasteiger partial charge in [0.15, 0.2) is 0 Å². The molecule has 3 N–H and O–H groups in total. The second-order valence-corrected chi connectivity index (χ2v) is 5.29. The highest BCUT2D eigenvalue weighted by molar-refractivity contribution is 5.33. The maximum Gasteiger partial charge on any atom is 0.416 e. The van der Waals surface area contributed by atoms with E-state index in [0.717, 1.165) is 12.1 Å². The molecule has 2 atom stereocenters. The number of halogens is 4. The predicted octanol–water partition coefficient (Wildman–Crippen LogP) is 3.64. The van der Waals surface area contributed by atoms with Gasteiger partial charge in [0.1, 0.15) is 5.82 Å². The number of benzene rings is 1. The standard InChI is InChI=1S/C14H19F4NO/c1-8(2)3-6-12(20)13(19)10-5-4-9(15)7-11(10)14(16,17)18/h4-5,7-8,12-13,20H,3,6,19H2,1-2H3/t12-,13+/m0/s1. The van der Waals surface area contributed by atoms with E-state index >= 15 is 0 Å². The van der Waals surface area contributed by atoms with E-state index in [0.29, 0.717) is 24.8 Å². The molecule has 114 valence electrons. The van der Waals surface area contributed by atoms with Crippen molar-refractivity contribution >= 4 is 0 Å². The summed E-state index contributed by atoms with van der Waals surface area (Å²) >= 11 is 0. The lowest BCUT2D eigenvalue weighted by Gasteiger charge is -2.23. The number of hydrogen-bond donors (Lipinski definition) is 2. The molecule has 0 heterocycles. The topological polar surface area (TPSA) is 46.2 Å². The second-order valence-electron chi connectivity index (χ2n) is 5.29. The number of rotatable bonds is 5. The zero-order valence-corrected chi connectivity index (χ0v) is 11.4. The van der Waals surface area contributed by atoms with Crippen LogP contribution in [0.5, 0.6) is 0 Å². The normalized spacial score (nSPS) is 15.4. The zero-order valence-electron chi connectivity index (χ0n) is 11.4. The van der Waals surface area contributed by atoms with Gasteiger partial charge in [-0.2, -0.15) is 13.2 Å². The average molecular weight is 293 g/mol. The molecule has 1 rings (SSSR count). The lowest BCUT2D eigenvalue weighted by atomic mass is 9.92. The van der Waals surface area contributed by atoms with Crippen molar-refractivity contribution < 1.29 is 22.7 Å². The van der Waals surface area contributed by atoms with Crippen LogP contribution in [0.3, 0.4) is 0 Å². The first-order valence-corrected chi connectivity index (χ1v) is 6.43. The summed E-state index contributed by atoms with van der Waals surface area (Å²) in [7, 11) is 0. The van der Waals surface area contributed by atoms with E-state index in [4.69, 9.17) is 5.73 Å². The molecular weight excluding hydrogens is 274 g/mol. The molecule has 0 amide bonds. The Hall–Kier alpha value is -1.14. The van der Waals surface area contributed by atoms with Crippen LogP contribution >= 0.6 is 0 Å². The first-order valence-electron chi connectivity index (χ1n) is 6.43. The summed E-state index contributed by atoms with van der Waals surface area (Å²) in [5.74, 6) is -0.669. The van der Waals surface area contributed by atoms with Crippen LogP contribution in [-0.4, -0.2) is 11.2 Å². The van der Waals surface area contributed by atoms with Crippen molar-refractivity contribution in [2.45, 2.75) is 45.0 Å². The maximum atomic E-state index is 13.0. The van der Waals surface area contributed by atoms with E-state index in [1.165, 1.54) is 0 Å². The van der Waals surface area contributed by atoms with Crippen LogP contribution in [0.15, 0.2) is 18.2 Å². The number of aliphatic hydroxyl groups is 1. The van der Waals surface area contributed by atoms with Crippen molar-refractivity contribution in [2.75, 3.05) is 0 Å². The third kappa shape index (κ3) is 4.45. The fourth-order valence-corrected chi connectivity index (χ4v) is 1.96. The lowest BCUT2D eigenvalue weighted by molar-refractivity contribution is -0.138. The minimum Gasteiger partial charge on any atom is -0.391 e. The Bertz CT molecular complexity index is 445. The van der Waals surface area contributed by atoms with E-state index in [1.807, 2.05) is 13.8 Å². The molecule has 0 aromatic heterocycles. The summed E-state index contributed by atoms with van der Waals surface area (Å²) in [6.07, 6.45) is -4.85. The van der Waals surface area contributed by atoms with Crippen LogP contribution < -0.4 is 5.73 Å². The summed E-state index contributed by atoms with van der Waals surface area (Å²) in [6, 6.07) is 1.12. The Morgan fingerprint density at radius 3 is 2.30 bits per heavy atom. The van der Waals surface area contributed by atoms with Crippen molar-refractivity contribution in [1.82, 2.24) is 0 Å². The fraction of sp³-hybridized carbons (Fsp3) is 0.571. The van der Waals surface area contributed by atoms with Crippen LogP contribution in [0.4, 0.5) is 17.6 Å². The Morgan fingerprint density at radius 1 is 1.20 bits per heavy atom. The van der Waals surface area contributed by atoms with Gasteiger partial charge in [-0.25, -0.2) is 4.39 Å². The van der Waals surface area contributed by atoms with Crippen LogP contribution in [0.25, 0.3) is 0 Å². The van der Waals surface area contributed by atoms with Crippen molar-refractivity contribution in [2.24, 2.45) is 11.7 Å². The lowest BCUT2D eigenvalue weighted by Crippen LogP contribution is -2.29. The molecule has 1 aromatic carbocycles. The van der Waals surface area contributed by atoms with Gasteiger partial charge in [0.05, 0.1) is 17.7 Å². The van der Waals surface area contributed by atoms with E-state index in [-0.39, 0.29) is 5.56 Å². The Kier molecular flexibility index (Phi) is 5.53. The highest BCUT2D eigenvalue weighted by Gasteiger charge is 2.36. The van der Waals surface area contributed by atoms with E-state index in [1.54, 1.807) is 0 Å². The molecule has 0 fully saturated rings. The molecule has 0 radical (unpaired) electrons. The van der Waals surface area contributed by atoms with Crippen LogP contribution in [-0.2, 0) is 6.18 Å². The first kappa shape index (κ1) is 16.9. The summed E-state index contributed by atoms with van der Waals surface area (Å²) in [5, 5.41) is 9.89. The second kappa shape index (κ2) is 6.54. The number of alkyl halides is 3. The molecule has 0 spiro atoms. The molecule has 6 heteroatoms. The zero-order chi connectivity index (χ0) is 15.5. The summed E-state index contributed by atoms with van der Waals surface area (Å²) < 4.78 is 51.6. The van der Waals surface area contributed by atoms with Gasteiger partial charge in [0, 0.05) is 0 Å². The molecule has 20 heavy (non-hydrogen) atoms. The minimum absolute atomic E-state index is 0.282. The van der Waals surface area contributed by atoms with E-state index < -0.39 is 29.7 Å². The number of aliphatic hydroxyl groups excluding tert-OH is 1. The van der Waals surface area contributed by atoms with Gasteiger partial charge >= 0.3 is 6.18 Å². The molecule has 1 aromatic rings. The van der Waals surface area contributed by atoms with Crippen LogP contribution in [0, 0.1) is 11.7 Å². The Labute approximate surface area is 115 Å². The fourth-order valence-electron chi connectivity index (χ4n) is 1.96. The summed E-state index contributed by atoms with van der Waals surface area (Å²) in [4.78, 5) is 0. The van der Waals surface area contributed by atoms with Gasteiger partial charge in [0.25, 0.3) is 0 Å². The third-order valence-electron chi connectivity index (χ3n) is 3.13. The largest absolute Gasteiger partial charge is 0.416 e. The molecule has 0 aliphatic rings. The van der Waals surface area contributed by atoms with Gasteiger partial charge in [-0.1, -0.05) is 19.9 Å². The molecule has 0 saturated heterocycles. The Morgan fingerprint density at radius 2 is 1.80 bits per heavy atom. The highest BCUT2D eigenvalue weighted by atomic mass is 19.4.